The van der Waals surface area contributed by atoms with Crippen LogP contribution in [0.3, 0.4) is 0 Å². The summed E-state index contributed by atoms with van der Waals surface area (Å²) in [7, 11) is -1.19. The summed E-state index contributed by atoms with van der Waals surface area (Å²) < 4.78 is 50.5. The van der Waals surface area contributed by atoms with Crippen LogP contribution in [0.5, 0.6) is 0 Å². The van der Waals surface area contributed by atoms with Gasteiger partial charge in [0.1, 0.15) is 6.04 Å². The van der Waals surface area contributed by atoms with Gasteiger partial charge >= 0.3 is 6.18 Å². The number of alkyl halides is 3. The Balaban J connectivity index is 1.31. The summed E-state index contributed by atoms with van der Waals surface area (Å²) in [5.74, 6) is -0.332. The SMILES string of the molecule is CC(=O)N1Cc2cc(S(C)=O)ccc2C1C(=O)Nc1cnc(N(Cc2ccc(C(F)(F)F)cn2)C2CC2)nc1. The molecule has 13 heteroatoms. The highest BCUT2D eigenvalue weighted by molar-refractivity contribution is 7.84. The molecule has 2 aliphatic rings. The van der Waals surface area contributed by atoms with E-state index in [1.165, 1.54) is 30.3 Å². The zero-order valence-electron chi connectivity index (χ0n) is 21.1. The first kappa shape index (κ1) is 26.7. The molecule has 1 N–H and O–H groups in total. The summed E-state index contributed by atoms with van der Waals surface area (Å²) in [5, 5.41) is 2.77. The standard InChI is InChI=1S/C26H25F3N6O3S/c1-15(36)34-13-16-9-21(39(2)38)7-8-22(16)23(34)24(37)33-19-11-31-25(32-12-19)35(20-5-6-20)14-18-4-3-17(10-30-18)26(27,28)29/h3-4,7-12,20,23H,5-6,13-14H2,1-2H3,(H,33,37). The van der Waals surface area contributed by atoms with Crippen LogP contribution in [0.4, 0.5) is 24.8 Å². The van der Waals surface area contributed by atoms with Gasteiger partial charge in [0, 0.05) is 47.7 Å². The first-order chi connectivity index (χ1) is 18.5. The van der Waals surface area contributed by atoms with E-state index >= 15 is 0 Å². The molecule has 5 rings (SSSR count). The number of fused-ring (bicyclic) bond motifs is 1. The lowest BCUT2D eigenvalue weighted by atomic mass is 10.0. The molecular weight excluding hydrogens is 533 g/mol. The second-order valence-corrected chi connectivity index (χ2v) is 10.9. The zero-order chi connectivity index (χ0) is 27.9. The van der Waals surface area contributed by atoms with Gasteiger partial charge in [-0.2, -0.15) is 13.2 Å². The quantitative estimate of drug-likeness (QED) is 0.470. The lowest BCUT2D eigenvalue weighted by molar-refractivity contribution is -0.137. The Morgan fingerprint density at radius 2 is 1.82 bits per heavy atom. The number of hydrogen-bond donors (Lipinski definition) is 1. The van der Waals surface area contributed by atoms with Crippen molar-refractivity contribution in [2.45, 2.75) is 56.0 Å². The second-order valence-electron chi connectivity index (χ2n) is 9.52. The molecule has 2 aromatic heterocycles. The monoisotopic (exact) mass is 558 g/mol. The predicted molar refractivity (Wildman–Crippen MR) is 137 cm³/mol. The molecule has 39 heavy (non-hydrogen) atoms. The van der Waals surface area contributed by atoms with Gasteiger partial charge in [-0.05, 0) is 48.2 Å². The first-order valence-electron chi connectivity index (χ1n) is 12.2. The van der Waals surface area contributed by atoms with Crippen molar-refractivity contribution in [1.82, 2.24) is 19.9 Å². The van der Waals surface area contributed by atoms with Crippen molar-refractivity contribution in [3.63, 3.8) is 0 Å². The van der Waals surface area contributed by atoms with Gasteiger partial charge in [0.05, 0.1) is 35.9 Å². The average Bonchev–Trinajstić information content (AvgIpc) is 3.66. The molecule has 3 aromatic rings. The predicted octanol–water partition coefficient (Wildman–Crippen LogP) is 3.84. The van der Waals surface area contributed by atoms with E-state index in [1.54, 1.807) is 24.5 Å². The van der Waals surface area contributed by atoms with Crippen LogP contribution in [0.1, 0.15) is 48.2 Å². The molecule has 3 heterocycles. The normalized spacial score (nSPS) is 17.5. The van der Waals surface area contributed by atoms with E-state index in [4.69, 9.17) is 0 Å². The summed E-state index contributed by atoms with van der Waals surface area (Å²) in [4.78, 5) is 42.2. The van der Waals surface area contributed by atoms with Crippen LogP contribution in [0.2, 0.25) is 0 Å². The summed E-state index contributed by atoms with van der Waals surface area (Å²) in [6.45, 7) is 1.87. The molecule has 1 aliphatic heterocycles. The molecule has 2 unspecified atom stereocenters. The number of hydrogen-bond acceptors (Lipinski definition) is 7. The van der Waals surface area contributed by atoms with Crippen LogP contribution < -0.4 is 10.2 Å². The number of pyridine rings is 1. The maximum atomic E-state index is 13.3. The number of aromatic nitrogens is 3. The summed E-state index contributed by atoms with van der Waals surface area (Å²) in [6.07, 6.45) is 2.63. The molecule has 204 valence electrons. The van der Waals surface area contributed by atoms with Crippen LogP contribution in [-0.4, -0.2) is 48.2 Å². The summed E-state index contributed by atoms with van der Waals surface area (Å²) in [6, 6.07) is 6.80. The summed E-state index contributed by atoms with van der Waals surface area (Å²) in [5.41, 5.74) is 1.40. The fourth-order valence-electron chi connectivity index (χ4n) is 4.54. The van der Waals surface area contributed by atoms with Crippen LogP contribution in [0.15, 0.2) is 53.8 Å². The Hall–Kier alpha value is -3.87. The molecule has 1 aromatic carbocycles. The Morgan fingerprint density at radius 1 is 1.10 bits per heavy atom. The van der Waals surface area contributed by atoms with Crippen molar-refractivity contribution in [2.24, 2.45) is 0 Å². The van der Waals surface area contributed by atoms with Gasteiger partial charge in [0.2, 0.25) is 11.9 Å². The number of anilines is 2. The minimum Gasteiger partial charge on any atom is -0.332 e. The van der Waals surface area contributed by atoms with Gasteiger partial charge in [-0.3, -0.25) is 18.8 Å². The second kappa shape index (κ2) is 10.4. The minimum absolute atomic E-state index is 0.149. The van der Waals surface area contributed by atoms with Gasteiger partial charge in [-0.25, -0.2) is 9.97 Å². The third kappa shape index (κ3) is 5.77. The lowest BCUT2D eigenvalue weighted by Crippen LogP contribution is -2.35. The fraction of sp³-hybridized carbons (Fsp3) is 0.346. The summed E-state index contributed by atoms with van der Waals surface area (Å²) >= 11 is 0. The van der Waals surface area contributed by atoms with Gasteiger partial charge in [0.15, 0.2) is 0 Å². The van der Waals surface area contributed by atoms with Crippen LogP contribution in [0.25, 0.3) is 0 Å². The maximum Gasteiger partial charge on any atom is 0.417 e. The molecule has 1 aliphatic carbocycles. The fourth-order valence-corrected chi connectivity index (χ4v) is 5.11. The Bertz CT molecular complexity index is 1430. The van der Waals surface area contributed by atoms with Crippen molar-refractivity contribution in [3.8, 4) is 0 Å². The molecule has 0 radical (unpaired) electrons. The third-order valence-corrected chi connectivity index (χ3v) is 7.60. The number of benzene rings is 1. The van der Waals surface area contributed by atoms with E-state index < -0.39 is 34.5 Å². The number of nitrogens with one attached hydrogen (secondary N) is 1. The van der Waals surface area contributed by atoms with E-state index in [0.29, 0.717) is 27.8 Å². The third-order valence-electron chi connectivity index (χ3n) is 6.68. The number of nitrogens with zero attached hydrogens (tertiary/aromatic N) is 5. The number of halogens is 3. The van der Waals surface area contributed by atoms with E-state index in [9.17, 15) is 27.0 Å². The van der Waals surface area contributed by atoms with E-state index in [1.807, 2.05) is 4.90 Å². The molecule has 0 bridgehead atoms. The van der Waals surface area contributed by atoms with Crippen LogP contribution in [-0.2, 0) is 39.7 Å². The first-order valence-corrected chi connectivity index (χ1v) is 13.7. The van der Waals surface area contributed by atoms with Gasteiger partial charge in [-0.1, -0.05) is 6.07 Å². The molecule has 0 saturated heterocycles. The molecular formula is C26H25F3N6O3S. The number of amides is 2. The molecule has 9 nitrogen and oxygen atoms in total. The van der Waals surface area contributed by atoms with E-state index in [-0.39, 0.29) is 25.0 Å². The molecule has 1 saturated carbocycles. The van der Waals surface area contributed by atoms with Crippen molar-refractivity contribution < 1.29 is 27.0 Å². The number of rotatable bonds is 7. The average molecular weight is 559 g/mol. The molecule has 2 atom stereocenters. The highest BCUT2D eigenvalue weighted by Crippen LogP contribution is 2.36. The van der Waals surface area contributed by atoms with Gasteiger partial charge in [0.25, 0.3) is 5.91 Å². The Morgan fingerprint density at radius 3 is 2.38 bits per heavy atom. The molecule has 2 amide bonds. The van der Waals surface area contributed by atoms with Crippen LogP contribution >= 0.6 is 0 Å². The van der Waals surface area contributed by atoms with Gasteiger partial charge in [-0.15, -0.1) is 0 Å². The van der Waals surface area contributed by atoms with Crippen molar-refractivity contribution in [1.29, 1.82) is 0 Å². The van der Waals surface area contributed by atoms with Crippen molar-refractivity contribution >= 4 is 34.2 Å². The number of carbonyl (C=O) groups is 2. The van der Waals surface area contributed by atoms with Crippen molar-refractivity contribution in [3.05, 3.63) is 71.3 Å². The van der Waals surface area contributed by atoms with Crippen LogP contribution in [0, 0.1) is 0 Å². The van der Waals surface area contributed by atoms with E-state index in [0.717, 1.165) is 30.7 Å². The van der Waals surface area contributed by atoms with E-state index in [2.05, 4.69) is 20.3 Å². The lowest BCUT2D eigenvalue weighted by Gasteiger charge is -2.24. The van der Waals surface area contributed by atoms with Gasteiger partial charge < -0.3 is 15.1 Å². The smallest absolute Gasteiger partial charge is 0.332 e. The largest absolute Gasteiger partial charge is 0.417 e. The maximum absolute atomic E-state index is 13.3. The minimum atomic E-state index is -4.45. The Kier molecular flexibility index (Phi) is 7.10. The highest BCUT2D eigenvalue weighted by atomic mass is 32.2. The molecule has 1 fully saturated rings. The molecule has 0 spiro atoms. The topological polar surface area (TPSA) is 108 Å². The van der Waals surface area contributed by atoms with Crippen molar-refractivity contribution in [2.75, 3.05) is 16.5 Å². The zero-order valence-corrected chi connectivity index (χ0v) is 21.9. The Labute approximate surface area is 224 Å². The number of carbonyl (C=O) groups excluding carboxylic acids is 2. The highest BCUT2D eigenvalue weighted by Gasteiger charge is 2.38.